The second-order valence-electron chi connectivity index (χ2n) is 3.86. The molecule has 1 saturated carbocycles. The maximum atomic E-state index is 11.3. The Kier molecular flexibility index (Phi) is 2.26. The summed E-state index contributed by atoms with van der Waals surface area (Å²) in [5.41, 5.74) is -0.583. The molecule has 6 heteroatoms. The summed E-state index contributed by atoms with van der Waals surface area (Å²) in [5.74, 6) is -1.04. The number of hydrogen-bond acceptors (Lipinski definition) is 3. The fourth-order valence-electron chi connectivity index (χ4n) is 1.66. The lowest BCUT2D eigenvalue weighted by molar-refractivity contribution is -0.141. The lowest BCUT2D eigenvalue weighted by Gasteiger charge is -2.12. The lowest BCUT2D eigenvalue weighted by Crippen LogP contribution is -2.28. The summed E-state index contributed by atoms with van der Waals surface area (Å²) < 4.78 is 0.890. The first-order chi connectivity index (χ1) is 7.09. The van der Waals surface area contributed by atoms with Crippen LogP contribution in [0.5, 0.6) is 5.88 Å². The lowest BCUT2D eigenvalue weighted by atomic mass is 10.1. The maximum absolute atomic E-state index is 11.3. The molecule has 6 nitrogen and oxygen atoms in total. The van der Waals surface area contributed by atoms with E-state index in [1.54, 1.807) is 0 Å². The van der Waals surface area contributed by atoms with Crippen molar-refractivity contribution in [3.8, 4) is 5.88 Å². The molecule has 1 aliphatic rings. The zero-order chi connectivity index (χ0) is 11.0. The first-order valence-corrected chi connectivity index (χ1v) is 4.81. The van der Waals surface area contributed by atoms with E-state index in [2.05, 4.69) is 4.98 Å². The van der Waals surface area contributed by atoms with Crippen LogP contribution in [0.25, 0.3) is 0 Å². The average Bonchev–Trinajstić information content (AvgIpc) is 2.92. The zero-order valence-electron chi connectivity index (χ0n) is 8.01. The number of imidazole rings is 1. The van der Waals surface area contributed by atoms with Crippen LogP contribution in [-0.4, -0.2) is 25.7 Å². The molecule has 1 atom stereocenters. The molecular weight excluding hydrogens is 200 g/mol. The van der Waals surface area contributed by atoms with E-state index in [9.17, 15) is 14.7 Å². The molecule has 0 radical (unpaired) electrons. The van der Waals surface area contributed by atoms with Gasteiger partial charge in [-0.15, -0.1) is 0 Å². The van der Waals surface area contributed by atoms with Crippen molar-refractivity contribution in [2.75, 3.05) is 0 Å². The van der Waals surface area contributed by atoms with Crippen LogP contribution in [0.15, 0.2) is 11.0 Å². The van der Waals surface area contributed by atoms with Crippen LogP contribution in [0.4, 0.5) is 0 Å². The van der Waals surface area contributed by atoms with Gasteiger partial charge < -0.3 is 15.2 Å². The normalized spacial score (nSPS) is 17.6. The van der Waals surface area contributed by atoms with E-state index in [-0.39, 0.29) is 5.88 Å². The van der Waals surface area contributed by atoms with Crippen LogP contribution in [0.3, 0.4) is 0 Å². The smallest absolute Gasteiger partial charge is 0.329 e. The number of aliphatic carboxylic acids is 1. The number of nitrogens with one attached hydrogen (secondary N) is 1. The van der Waals surface area contributed by atoms with Crippen LogP contribution in [0.1, 0.15) is 25.3 Å². The molecule has 0 spiro atoms. The second kappa shape index (κ2) is 3.45. The highest BCUT2D eigenvalue weighted by atomic mass is 16.4. The van der Waals surface area contributed by atoms with Crippen LogP contribution in [0.2, 0.25) is 0 Å². The predicted octanol–water partition coefficient (Wildman–Crippen LogP) is 0.308. The Bertz CT molecular complexity index is 430. The number of aromatic nitrogens is 2. The molecule has 1 aromatic heterocycles. The summed E-state index contributed by atoms with van der Waals surface area (Å²) in [6.45, 7) is 0. The van der Waals surface area contributed by atoms with Gasteiger partial charge in [0.15, 0.2) is 0 Å². The Morgan fingerprint density at radius 1 is 1.67 bits per heavy atom. The first-order valence-electron chi connectivity index (χ1n) is 4.81. The Hall–Kier alpha value is -1.72. The number of H-pyrrole nitrogens is 1. The van der Waals surface area contributed by atoms with Crippen molar-refractivity contribution in [2.24, 2.45) is 5.92 Å². The van der Waals surface area contributed by atoms with Crippen LogP contribution in [0, 0.1) is 5.92 Å². The first kappa shape index (κ1) is 9.82. The number of aromatic amines is 1. The molecule has 1 aromatic rings. The van der Waals surface area contributed by atoms with E-state index in [0.29, 0.717) is 12.3 Å². The molecule has 0 saturated heterocycles. The van der Waals surface area contributed by atoms with Gasteiger partial charge in [0.1, 0.15) is 6.04 Å². The standard InChI is InChI=1S/C9H12N2O4/c12-7-4-10-9(15)11(7)6(8(13)14)3-5-1-2-5/h4-6,12H,1-3H2,(H,10,15)(H,13,14). The van der Waals surface area contributed by atoms with E-state index in [4.69, 9.17) is 5.11 Å². The third-order valence-corrected chi connectivity index (χ3v) is 2.64. The molecule has 3 N–H and O–H groups in total. The molecule has 0 amide bonds. The fourth-order valence-corrected chi connectivity index (χ4v) is 1.66. The Morgan fingerprint density at radius 3 is 2.73 bits per heavy atom. The van der Waals surface area contributed by atoms with Gasteiger partial charge in [-0.05, 0) is 12.3 Å². The molecule has 15 heavy (non-hydrogen) atoms. The number of carboxylic acid groups (broad SMARTS) is 1. The summed E-state index contributed by atoms with van der Waals surface area (Å²) in [6.07, 6.45) is 3.51. The van der Waals surface area contributed by atoms with Crippen molar-refractivity contribution in [1.29, 1.82) is 0 Å². The van der Waals surface area contributed by atoms with E-state index in [1.165, 1.54) is 0 Å². The van der Waals surface area contributed by atoms with Crippen LogP contribution < -0.4 is 5.69 Å². The SMILES string of the molecule is O=C(O)C(CC1CC1)n1c(O)c[nH]c1=O. The minimum Gasteiger partial charge on any atom is -0.493 e. The van der Waals surface area contributed by atoms with Crippen molar-refractivity contribution >= 4 is 5.97 Å². The molecule has 1 heterocycles. The minimum atomic E-state index is -1.08. The van der Waals surface area contributed by atoms with E-state index in [0.717, 1.165) is 23.6 Å². The molecular formula is C9H12N2O4. The number of hydrogen-bond donors (Lipinski definition) is 3. The van der Waals surface area contributed by atoms with E-state index < -0.39 is 17.7 Å². The van der Waals surface area contributed by atoms with Gasteiger partial charge in [-0.2, -0.15) is 0 Å². The largest absolute Gasteiger partial charge is 0.493 e. The van der Waals surface area contributed by atoms with Gasteiger partial charge >= 0.3 is 11.7 Å². The summed E-state index contributed by atoms with van der Waals surface area (Å²) in [6, 6.07) is -0.962. The number of carbonyl (C=O) groups is 1. The summed E-state index contributed by atoms with van der Waals surface area (Å²) in [5, 5.41) is 18.3. The molecule has 1 unspecified atom stereocenters. The predicted molar refractivity (Wildman–Crippen MR) is 50.7 cm³/mol. The molecule has 82 valence electrons. The fraction of sp³-hybridized carbons (Fsp3) is 0.556. The molecule has 1 fully saturated rings. The van der Waals surface area contributed by atoms with Crippen molar-refractivity contribution in [3.05, 3.63) is 16.7 Å². The van der Waals surface area contributed by atoms with Gasteiger partial charge in [0.25, 0.3) is 0 Å². The molecule has 2 rings (SSSR count). The number of aromatic hydroxyl groups is 1. The Balaban J connectivity index is 2.30. The Labute approximate surface area is 85.2 Å². The third-order valence-electron chi connectivity index (χ3n) is 2.64. The van der Waals surface area contributed by atoms with Crippen molar-refractivity contribution in [2.45, 2.75) is 25.3 Å². The van der Waals surface area contributed by atoms with Crippen molar-refractivity contribution < 1.29 is 15.0 Å². The van der Waals surface area contributed by atoms with Crippen LogP contribution in [-0.2, 0) is 4.79 Å². The van der Waals surface area contributed by atoms with Gasteiger partial charge in [-0.1, -0.05) is 12.8 Å². The zero-order valence-corrected chi connectivity index (χ0v) is 8.01. The number of nitrogens with zero attached hydrogens (tertiary/aromatic N) is 1. The average molecular weight is 212 g/mol. The van der Waals surface area contributed by atoms with E-state index >= 15 is 0 Å². The monoisotopic (exact) mass is 212 g/mol. The number of rotatable bonds is 4. The van der Waals surface area contributed by atoms with E-state index in [1.807, 2.05) is 0 Å². The molecule has 0 aliphatic heterocycles. The highest BCUT2D eigenvalue weighted by Crippen LogP contribution is 2.37. The topological polar surface area (TPSA) is 95.3 Å². The summed E-state index contributed by atoms with van der Waals surface area (Å²) in [7, 11) is 0. The highest BCUT2D eigenvalue weighted by Gasteiger charge is 2.32. The summed E-state index contributed by atoms with van der Waals surface area (Å²) >= 11 is 0. The van der Waals surface area contributed by atoms with Crippen molar-refractivity contribution in [1.82, 2.24) is 9.55 Å². The van der Waals surface area contributed by atoms with Gasteiger partial charge in [0, 0.05) is 0 Å². The minimum absolute atomic E-state index is 0.326. The van der Waals surface area contributed by atoms with Gasteiger partial charge in [0.2, 0.25) is 5.88 Å². The highest BCUT2D eigenvalue weighted by molar-refractivity contribution is 5.72. The van der Waals surface area contributed by atoms with Gasteiger partial charge in [-0.25, -0.2) is 14.2 Å². The second-order valence-corrected chi connectivity index (χ2v) is 3.86. The van der Waals surface area contributed by atoms with Crippen molar-refractivity contribution in [3.63, 3.8) is 0 Å². The maximum Gasteiger partial charge on any atom is 0.329 e. The third kappa shape index (κ3) is 1.88. The molecule has 0 bridgehead atoms. The summed E-state index contributed by atoms with van der Waals surface area (Å²) in [4.78, 5) is 24.5. The Morgan fingerprint density at radius 2 is 2.33 bits per heavy atom. The number of carboxylic acids is 1. The van der Waals surface area contributed by atoms with Crippen LogP contribution >= 0.6 is 0 Å². The molecule has 0 aromatic carbocycles. The molecule has 1 aliphatic carbocycles. The van der Waals surface area contributed by atoms with Gasteiger partial charge in [0.05, 0.1) is 6.20 Å². The van der Waals surface area contributed by atoms with Gasteiger partial charge in [-0.3, -0.25) is 0 Å². The quantitative estimate of drug-likeness (QED) is 0.669.